The lowest BCUT2D eigenvalue weighted by Crippen LogP contribution is -2.54. The van der Waals surface area contributed by atoms with Crippen molar-refractivity contribution in [3.63, 3.8) is 0 Å². The van der Waals surface area contributed by atoms with Gasteiger partial charge in [-0.2, -0.15) is 0 Å². The van der Waals surface area contributed by atoms with Crippen LogP contribution in [0.4, 0.5) is 4.39 Å². The maximum absolute atomic E-state index is 14.2. The Hall–Kier alpha value is -2.52. The summed E-state index contributed by atoms with van der Waals surface area (Å²) in [6.07, 6.45) is 2.81. The van der Waals surface area contributed by atoms with Gasteiger partial charge in [0, 0.05) is 10.4 Å². The Morgan fingerprint density at radius 2 is 1.86 bits per heavy atom. The van der Waals surface area contributed by atoms with Crippen LogP contribution in [0.25, 0.3) is 22.5 Å². The molecule has 29 heavy (non-hydrogen) atoms. The van der Waals surface area contributed by atoms with Gasteiger partial charge >= 0.3 is 0 Å². The van der Waals surface area contributed by atoms with Crippen LogP contribution >= 0.6 is 11.3 Å². The van der Waals surface area contributed by atoms with Crippen LogP contribution in [0.1, 0.15) is 25.6 Å². The van der Waals surface area contributed by atoms with Gasteiger partial charge in [-0.15, -0.1) is 11.3 Å². The third-order valence-corrected chi connectivity index (χ3v) is 9.20. The highest BCUT2D eigenvalue weighted by molar-refractivity contribution is 7.93. The number of amidine groups is 1. The van der Waals surface area contributed by atoms with Crippen molar-refractivity contribution in [2.75, 3.05) is 5.75 Å². The molecule has 4 rings (SSSR count). The highest BCUT2D eigenvalue weighted by Crippen LogP contribution is 2.41. The van der Waals surface area contributed by atoms with E-state index in [1.54, 1.807) is 26.8 Å². The summed E-state index contributed by atoms with van der Waals surface area (Å²) in [7, 11) is -3.49. The van der Waals surface area contributed by atoms with Gasteiger partial charge in [0.1, 0.15) is 21.9 Å². The molecule has 1 aromatic carbocycles. The molecule has 3 aromatic rings. The van der Waals surface area contributed by atoms with Crippen molar-refractivity contribution in [2.45, 2.75) is 31.1 Å². The Morgan fingerprint density at radius 3 is 2.52 bits per heavy atom. The van der Waals surface area contributed by atoms with E-state index < -0.39 is 25.9 Å². The van der Waals surface area contributed by atoms with Crippen LogP contribution in [0.3, 0.4) is 0 Å². The van der Waals surface area contributed by atoms with Crippen molar-refractivity contribution in [2.24, 2.45) is 10.7 Å². The Balaban J connectivity index is 1.76. The lowest BCUT2D eigenvalue weighted by Gasteiger charge is -2.37. The van der Waals surface area contributed by atoms with Crippen LogP contribution in [0.2, 0.25) is 0 Å². The third-order valence-electron chi connectivity index (χ3n) is 5.31. The van der Waals surface area contributed by atoms with Crippen molar-refractivity contribution in [1.29, 1.82) is 0 Å². The fourth-order valence-electron chi connectivity index (χ4n) is 3.30. The summed E-state index contributed by atoms with van der Waals surface area (Å²) in [5.74, 6) is 0.0166. The van der Waals surface area contributed by atoms with E-state index in [4.69, 9.17) is 10.2 Å². The first-order chi connectivity index (χ1) is 13.5. The summed E-state index contributed by atoms with van der Waals surface area (Å²) in [4.78, 5) is 9.16. The van der Waals surface area contributed by atoms with Crippen LogP contribution in [0, 0.1) is 5.82 Å². The molecule has 0 amide bonds. The average molecular weight is 434 g/mol. The Kier molecular flexibility index (Phi) is 4.43. The molecule has 0 saturated heterocycles. The number of hydrogen-bond acceptors (Lipinski definition) is 7. The number of aliphatic imine (C=N–C) groups is 1. The molecular weight excluding hydrogens is 413 g/mol. The van der Waals surface area contributed by atoms with E-state index in [1.807, 2.05) is 11.4 Å². The highest BCUT2D eigenvalue weighted by Gasteiger charge is 2.49. The SMILES string of the molecule is CC1(c2cc(-c3cc(F)cc(-c4cnco4)c3)cs2)CS(=O)(=O)C(C)(C)C(N)=N1. The van der Waals surface area contributed by atoms with Gasteiger partial charge in [0.25, 0.3) is 0 Å². The number of aromatic nitrogens is 1. The van der Waals surface area contributed by atoms with Crippen LogP contribution in [0.5, 0.6) is 0 Å². The van der Waals surface area contributed by atoms with Gasteiger partial charge in [-0.1, -0.05) is 0 Å². The summed E-state index contributed by atoms with van der Waals surface area (Å²) in [6, 6.07) is 6.44. The van der Waals surface area contributed by atoms with Gasteiger partial charge in [0.2, 0.25) is 0 Å². The molecule has 0 bridgehead atoms. The molecule has 0 saturated carbocycles. The minimum absolute atomic E-state index is 0.0968. The number of hydrogen-bond donors (Lipinski definition) is 1. The van der Waals surface area contributed by atoms with E-state index in [2.05, 4.69) is 9.98 Å². The molecule has 2 N–H and O–H groups in total. The minimum atomic E-state index is -3.49. The summed E-state index contributed by atoms with van der Waals surface area (Å²) in [5.41, 5.74) is 7.03. The lowest BCUT2D eigenvalue weighted by molar-refractivity contribution is 0.507. The molecule has 2 aromatic heterocycles. The second kappa shape index (κ2) is 6.50. The smallest absolute Gasteiger partial charge is 0.181 e. The molecule has 6 nitrogen and oxygen atoms in total. The van der Waals surface area contributed by atoms with Crippen molar-refractivity contribution < 1.29 is 17.2 Å². The predicted molar refractivity (Wildman–Crippen MR) is 112 cm³/mol. The van der Waals surface area contributed by atoms with Crippen LogP contribution in [-0.2, 0) is 15.4 Å². The number of thiophene rings is 1. The number of benzene rings is 1. The molecular formula is C20H20FN3O3S2. The standard InChI is InChI=1S/C20H20FN3O3S2/c1-19(2)18(22)24-20(3,10-29(19,25)26)17-7-14(9-28-17)12-4-13(6-15(21)5-12)16-8-23-11-27-16/h4-9,11H,10H2,1-3H3,(H2,22,24). The van der Waals surface area contributed by atoms with Crippen molar-refractivity contribution in [3.05, 3.63) is 52.9 Å². The van der Waals surface area contributed by atoms with Gasteiger partial charge in [-0.25, -0.2) is 17.8 Å². The van der Waals surface area contributed by atoms with Gasteiger partial charge in [-0.05, 0) is 61.5 Å². The fraction of sp³-hybridized carbons (Fsp3) is 0.300. The Labute approximate surface area is 172 Å². The zero-order valence-electron chi connectivity index (χ0n) is 16.1. The molecule has 9 heteroatoms. The lowest BCUT2D eigenvalue weighted by atomic mass is 9.99. The highest BCUT2D eigenvalue weighted by atomic mass is 32.2. The van der Waals surface area contributed by atoms with Crippen LogP contribution < -0.4 is 5.73 Å². The van der Waals surface area contributed by atoms with E-state index in [0.717, 1.165) is 10.4 Å². The summed E-state index contributed by atoms with van der Waals surface area (Å²) in [6.45, 7) is 4.89. The van der Waals surface area contributed by atoms with Gasteiger partial charge in [0.05, 0.1) is 11.9 Å². The maximum Gasteiger partial charge on any atom is 0.181 e. The molecule has 152 valence electrons. The van der Waals surface area contributed by atoms with Crippen LogP contribution in [-0.4, -0.2) is 29.7 Å². The molecule has 1 atom stereocenters. The third kappa shape index (κ3) is 3.28. The first-order valence-electron chi connectivity index (χ1n) is 8.89. The van der Waals surface area contributed by atoms with Crippen molar-refractivity contribution in [1.82, 2.24) is 4.98 Å². The number of nitrogens with two attached hydrogens (primary N) is 1. The minimum Gasteiger partial charge on any atom is -0.444 e. The normalized spacial score (nSPS) is 23.0. The van der Waals surface area contributed by atoms with Crippen LogP contribution in [0.15, 0.2) is 51.6 Å². The maximum atomic E-state index is 14.2. The first-order valence-corrected chi connectivity index (χ1v) is 11.4. The number of rotatable bonds is 3. The quantitative estimate of drug-likeness (QED) is 0.673. The predicted octanol–water partition coefficient (Wildman–Crippen LogP) is 3.99. The van der Waals surface area contributed by atoms with Gasteiger partial charge < -0.3 is 10.2 Å². The Morgan fingerprint density at radius 1 is 1.14 bits per heavy atom. The molecule has 1 aliphatic rings. The first kappa shape index (κ1) is 19.8. The largest absolute Gasteiger partial charge is 0.444 e. The second-order valence-electron chi connectivity index (χ2n) is 7.83. The molecule has 1 unspecified atom stereocenters. The topological polar surface area (TPSA) is 98.5 Å². The fourth-order valence-corrected chi connectivity index (χ4v) is 6.10. The number of nitrogens with zero attached hydrogens (tertiary/aromatic N) is 2. The number of oxazole rings is 1. The molecule has 0 spiro atoms. The summed E-state index contributed by atoms with van der Waals surface area (Å²) in [5, 5.41) is 1.86. The van der Waals surface area contributed by atoms with E-state index in [9.17, 15) is 12.8 Å². The van der Waals surface area contributed by atoms with Gasteiger partial charge in [0.15, 0.2) is 22.0 Å². The number of sulfone groups is 1. The van der Waals surface area contributed by atoms with E-state index in [-0.39, 0.29) is 11.6 Å². The molecule has 1 aliphatic heterocycles. The van der Waals surface area contributed by atoms with Gasteiger partial charge in [-0.3, -0.25) is 4.99 Å². The average Bonchev–Trinajstić information content (AvgIpc) is 3.31. The van der Waals surface area contributed by atoms with E-state index in [1.165, 1.54) is 36.1 Å². The van der Waals surface area contributed by atoms with Crippen molar-refractivity contribution in [3.8, 4) is 22.5 Å². The zero-order chi connectivity index (χ0) is 21.0. The van der Waals surface area contributed by atoms with Crippen molar-refractivity contribution >= 4 is 27.0 Å². The number of halogens is 1. The summed E-state index contributed by atoms with van der Waals surface area (Å²) >= 11 is 1.38. The molecule has 0 fully saturated rings. The second-order valence-corrected chi connectivity index (χ2v) is 11.3. The zero-order valence-corrected chi connectivity index (χ0v) is 17.8. The molecule has 0 aliphatic carbocycles. The monoisotopic (exact) mass is 433 g/mol. The molecule has 3 heterocycles. The summed E-state index contributed by atoms with van der Waals surface area (Å²) < 4.78 is 43.8. The Bertz CT molecular complexity index is 1210. The van der Waals surface area contributed by atoms with E-state index in [0.29, 0.717) is 16.9 Å². The van der Waals surface area contributed by atoms with E-state index >= 15 is 0 Å². The molecule has 0 radical (unpaired) electrons.